The van der Waals surface area contributed by atoms with Crippen molar-refractivity contribution in [3.8, 4) is 0 Å². The third kappa shape index (κ3) is 3.85. The molecule has 2 unspecified atom stereocenters. The second kappa shape index (κ2) is 6.30. The lowest BCUT2D eigenvalue weighted by atomic mass is 9.78. The van der Waals surface area contributed by atoms with E-state index in [9.17, 15) is 0 Å². The topological polar surface area (TPSA) is 12.0 Å². The van der Waals surface area contributed by atoms with Gasteiger partial charge in [0.1, 0.15) is 0 Å². The van der Waals surface area contributed by atoms with Gasteiger partial charge in [-0.3, -0.25) is 0 Å². The molecule has 112 valence electrons. The fourth-order valence-electron chi connectivity index (χ4n) is 3.12. The van der Waals surface area contributed by atoms with E-state index in [0.717, 1.165) is 12.3 Å². The Balaban J connectivity index is 1.99. The van der Waals surface area contributed by atoms with Crippen LogP contribution in [0.3, 0.4) is 0 Å². The predicted molar refractivity (Wildman–Crippen MR) is 88.3 cm³/mol. The quantitative estimate of drug-likeness (QED) is 0.839. The second-order valence-corrected chi connectivity index (χ2v) is 7.65. The molecule has 20 heavy (non-hydrogen) atoms. The van der Waals surface area contributed by atoms with Crippen LogP contribution in [0.2, 0.25) is 0 Å². The third-order valence-corrected chi connectivity index (χ3v) is 5.17. The summed E-state index contributed by atoms with van der Waals surface area (Å²) in [7, 11) is 2.10. The number of fused-ring (bicyclic) bond motifs is 1. The van der Waals surface area contributed by atoms with Crippen LogP contribution in [0, 0.1) is 11.3 Å². The number of rotatable bonds is 5. The summed E-state index contributed by atoms with van der Waals surface area (Å²) in [6.45, 7) is 9.42. The highest BCUT2D eigenvalue weighted by atomic mass is 14.9. The Bertz CT molecular complexity index is 442. The molecular weight excluding hydrogens is 242 g/mol. The number of nitrogens with one attached hydrogen (secondary N) is 1. The number of hydrogen-bond donors (Lipinski definition) is 1. The molecular formula is C19H31N. The molecule has 1 aliphatic carbocycles. The Morgan fingerprint density at radius 3 is 2.50 bits per heavy atom. The van der Waals surface area contributed by atoms with E-state index in [1.54, 1.807) is 11.1 Å². The Morgan fingerprint density at radius 1 is 1.15 bits per heavy atom. The maximum absolute atomic E-state index is 3.52. The number of aryl methyl sites for hydroxylation is 2. The van der Waals surface area contributed by atoms with Crippen LogP contribution < -0.4 is 5.32 Å². The molecule has 0 heterocycles. The highest BCUT2D eigenvalue weighted by molar-refractivity contribution is 5.35. The van der Waals surface area contributed by atoms with Crippen molar-refractivity contribution >= 4 is 0 Å². The van der Waals surface area contributed by atoms with Crippen molar-refractivity contribution in [3.63, 3.8) is 0 Å². The van der Waals surface area contributed by atoms with Crippen LogP contribution in [0.1, 0.15) is 57.2 Å². The minimum atomic E-state index is 0.396. The summed E-state index contributed by atoms with van der Waals surface area (Å²) in [5.74, 6) is 0.731. The number of hydrogen-bond acceptors (Lipinski definition) is 1. The highest BCUT2D eigenvalue weighted by Gasteiger charge is 2.23. The van der Waals surface area contributed by atoms with Gasteiger partial charge in [-0.2, -0.15) is 0 Å². The zero-order valence-electron chi connectivity index (χ0n) is 13.9. The second-order valence-electron chi connectivity index (χ2n) is 7.65. The van der Waals surface area contributed by atoms with Gasteiger partial charge >= 0.3 is 0 Å². The molecule has 0 aromatic heterocycles. The zero-order valence-corrected chi connectivity index (χ0v) is 13.9. The molecule has 0 saturated carbocycles. The van der Waals surface area contributed by atoms with Gasteiger partial charge in [0.25, 0.3) is 0 Å². The SMILES string of the molecule is CNC(Cc1ccc2c(c1)CCC2)CC(C)C(C)(C)C. The lowest BCUT2D eigenvalue weighted by Gasteiger charge is -2.31. The van der Waals surface area contributed by atoms with Crippen LogP contribution >= 0.6 is 0 Å². The number of benzene rings is 1. The average molecular weight is 273 g/mol. The van der Waals surface area contributed by atoms with Crippen molar-refractivity contribution in [2.45, 2.75) is 65.8 Å². The van der Waals surface area contributed by atoms with E-state index in [-0.39, 0.29) is 0 Å². The monoisotopic (exact) mass is 273 g/mol. The summed E-state index contributed by atoms with van der Waals surface area (Å²) in [6.07, 6.45) is 6.31. The molecule has 1 aromatic rings. The fraction of sp³-hybridized carbons (Fsp3) is 0.684. The minimum absolute atomic E-state index is 0.396. The van der Waals surface area contributed by atoms with E-state index in [1.807, 2.05) is 0 Å². The van der Waals surface area contributed by atoms with E-state index in [2.05, 4.69) is 58.3 Å². The third-order valence-electron chi connectivity index (χ3n) is 5.17. The summed E-state index contributed by atoms with van der Waals surface area (Å²) in [6, 6.07) is 7.74. The van der Waals surface area contributed by atoms with Gasteiger partial charge in [-0.05, 0) is 67.2 Å². The molecule has 0 saturated heterocycles. The molecule has 2 atom stereocenters. The first kappa shape index (κ1) is 15.6. The molecule has 1 nitrogen and oxygen atoms in total. The van der Waals surface area contributed by atoms with Gasteiger partial charge < -0.3 is 5.32 Å². The first-order valence-corrected chi connectivity index (χ1v) is 8.18. The van der Waals surface area contributed by atoms with Crippen LogP contribution in [-0.2, 0) is 19.3 Å². The molecule has 1 aliphatic rings. The molecule has 0 spiro atoms. The predicted octanol–water partition coefficient (Wildman–Crippen LogP) is 4.38. The lowest BCUT2D eigenvalue weighted by Crippen LogP contribution is -2.33. The molecule has 1 aromatic carbocycles. The van der Waals surface area contributed by atoms with Gasteiger partial charge in [0.05, 0.1) is 0 Å². The van der Waals surface area contributed by atoms with Crippen molar-refractivity contribution in [2.24, 2.45) is 11.3 Å². The molecule has 1 N–H and O–H groups in total. The molecule has 0 radical (unpaired) electrons. The van der Waals surface area contributed by atoms with Crippen molar-refractivity contribution in [2.75, 3.05) is 7.05 Å². The van der Waals surface area contributed by atoms with Gasteiger partial charge in [0.2, 0.25) is 0 Å². The van der Waals surface area contributed by atoms with Gasteiger partial charge in [0, 0.05) is 6.04 Å². The Hall–Kier alpha value is -0.820. The molecule has 0 bridgehead atoms. The maximum atomic E-state index is 3.52. The van der Waals surface area contributed by atoms with Gasteiger partial charge in [-0.15, -0.1) is 0 Å². The Morgan fingerprint density at radius 2 is 1.85 bits per heavy atom. The average Bonchev–Trinajstić information content (AvgIpc) is 2.84. The lowest BCUT2D eigenvalue weighted by molar-refractivity contribution is 0.225. The van der Waals surface area contributed by atoms with Crippen molar-refractivity contribution < 1.29 is 0 Å². The van der Waals surface area contributed by atoms with Crippen LogP contribution in [0.5, 0.6) is 0 Å². The molecule has 0 amide bonds. The van der Waals surface area contributed by atoms with Gasteiger partial charge in [-0.25, -0.2) is 0 Å². The zero-order chi connectivity index (χ0) is 14.8. The molecule has 0 aliphatic heterocycles. The first-order chi connectivity index (χ1) is 9.40. The molecule has 1 heteroatoms. The number of likely N-dealkylation sites (N-methyl/N-ethyl adjacent to an activating group) is 1. The molecule has 2 rings (SSSR count). The van der Waals surface area contributed by atoms with Crippen molar-refractivity contribution in [1.82, 2.24) is 5.32 Å². The minimum Gasteiger partial charge on any atom is -0.317 e. The van der Waals surface area contributed by atoms with E-state index in [0.29, 0.717) is 11.5 Å². The van der Waals surface area contributed by atoms with E-state index in [4.69, 9.17) is 0 Å². The van der Waals surface area contributed by atoms with E-state index in [1.165, 1.54) is 31.2 Å². The first-order valence-electron chi connectivity index (χ1n) is 8.18. The van der Waals surface area contributed by atoms with Crippen LogP contribution in [-0.4, -0.2) is 13.1 Å². The summed E-state index contributed by atoms with van der Waals surface area (Å²) in [4.78, 5) is 0. The Labute approximate surface area is 125 Å². The summed E-state index contributed by atoms with van der Waals surface area (Å²) in [5.41, 5.74) is 5.08. The van der Waals surface area contributed by atoms with E-state index < -0.39 is 0 Å². The van der Waals surface area contributed by atoms with Crippen molar-refractivity contribution in [1.29, 1.82) is 0 Å². The normalized spacial score (nSPS) is 17.9. The summed E-state index contributed by atoms with van der Waals surface area (Å²) in [5, 5.41) is 3.52. The fourth-order valence-corrected chi connectivity index (χ4v) is 3.12. The largest absolute Gasteiger partial charge is 0.317 e. The Kier molecular flexibility index (Phi) is 4.90. The highest BCUT2D eigenvalue weighted by Crippen LogP contribution is 2.30. The van der Waals surface area contributed by atoms with Gasteiger partial charge in [-0.1, -0.05) is 45.9 Å². The summed E-state index contributed by atoms with van der Waals surface area (Å²) < 4.78 is 0. The standard InChI is InChI=1S/C19H31N/c1-14(19(2,3)4)11-18(20-5)13-15-9-10-16-7-6-8-17(16)12-15/h9-10,12,14,18,20H,6-8,11,13H2,1-5H3. The smallest absolute Gasteiger partial charge is 0.0107 e. The maximum Gasteiger partial charge on any atom is 0.0107 e. The van der Waals surface area contributed by atoms with Crippen LogP contribution in [0.15, 0.2) is 18.2 Å². The van der Waals surface area contributed by atoms with E-state index >= 15 is 0 Å². The van der Waals surface area contributed by atoms with Crippen LogP contribution in [0.25, 0.3) is 0 Å². The van der Waals surface area contributed by atoms with Crippen molar-refractivity contribution in [3.05, 3.63) is 34.9 Å². The van der Waals surface area contributed by atoms with Gasteiger partial charge in [0.15, 0.2) is 0 Å². The summed E-state index contributed by atoms with van der Waals surface area (Å²) >= 11 is 0. The van der Waals surface area contributed by atoms with Crippen LogP contribution in [0.4, 0.5) is 0 Å². The molecule has 0 fully saturated rings.